The SMILES string of the molecule is CC1=CC(C)=NC(=O)C1CNC(=O)c1cc(C2CCN(CCN(C)C)CC2)cc2c1cnn2C1CCCC1. The van der Waals surface area contributed by atoms with Crippen LogP contribution in [0.2, 0.25) is 0 Å². The largest absolute Gasteiger partial charge is 0.351 e. The standard InChI is InChI=1S/C30H42N6O2/c1-20-15-21(2)33-30(38)26(20)18-31-29(37)25-16-23(22-9-11-35(12-10-22)14-13-34(3)4)17-28-27(25)19-32-36(28)24-7-5-6-8-24/h15-17,19,22,24,26H,5-14,18H2,1-4H3,(H,31,37). The highest BCUT2D eigenvalue weighted by molar-refractivity contribution is 6.08. The molecule has 0 bridgehead atoms. The Morgan fingerprint density at radius 2 is 1.84 bits per heavy atom. The number of aliphatic imine (C=N–C) groups is 1. The van der Waals surface area contributed by atoms with Gasteiger partial charge in [0, 0.05) is 30.7 Å². The second kappa shape index (κ2) is 11.5. The van der Waals surface area contributed by atoms with Crippen molar-refractivity contribution in [3.8, 4) is 0 Å². The van der Waals surface area contributed by atoms with Crippen LogP contribution in [0.4, 0.5) is 0 Å². The van der Waals surface area contributed by atoms with Gasteiger partial charge in [0.15, 0.2) is 0 Å². The van der Waals surface area contributed by atoms with Gasteiger partial charge in [-0.2, -0.15) is 5.10 Å². The first kappa shape index (κ1) is 26.8. The van der Waals surface area contributed by atoms with Crippen molar-refractivity contribution in [2.45, 2.75) is 64.3 Å². The number of carbonyl (C=O) groups is 2. The fraction of sp³-hybridized carbons (Fsp3) is 0.600. The molecule has 5 rings (SSSR count). The molecular formula is C30H42N6O2. The van der Waals surface area contributed by atoms with Crippen molar-refractivity contribution >= 4 is 28.4 Å². The molecule has 2 fully saturated rings. The molecule has 0 radical (unpaired) electrons. The number of benzene rings is 1. The van der Waals surface area contributed by atoms with Gasteiger partial charge in [0.1, 0.15) is 0 Å². The molecule has 0 spiro atoms. The van der Waals surface area contributed by atoms with E-state index in [0.717, 1.165) is 74.1 Å². The van der Waals surface area contributed by atoms with E-state index in [1.165, 1.54) is 18.4 Å². The summed E-state index contributed by atoms with van der Waals surface area (Å²) in [6.45, 7) is 8.34. The maximum absolute atomic E-state index is 13.6. The normalized spacial score (nSPS) is 21.8. The molecule has 1 aliphatic carbocycles. The lowest BCUT2D eigenvalue weighted by molar-refractivity contribution is -0.120. The molecule has 2 aliphatic heterocycles. The maximum Gasteiger partial charge on any atom is 0.254 e. The first-order chi connectivity index (χ1) is 18.3. The summed E-state index contributed by atoms with van der Waals surface area (Å²) >= 11 is 0. The highest BCUT2D eigenvalue weighted by atomic mass is 16.2. The van der Waals surface area contributed by atoms with E-state index >= 15 is 0 Å². The number of likely N-dealkylation sites (tertiary alicyclic amines) is 1. The van der Waals surface area contributed by atoms with E-state index in [0.29, 0.717) is 17.5 Å². The lowest BCUT2D eigenvalue weighted by atomic mass is 9.87. The summed E-state index contributed by atoms with van der Waals surface area (Å²) in [6.07, 6.45) is 10.7. The third-order valence-electron chi connectivity index (χ3n) is 8.61. The van der Waals surface area contributed by atoms with Gasteiger partial charge >= 0.3 is 0 Å². The number of amides is 2. The van der Waals surface area contributed by atoms with Gasteiger partial charge in [-0.05, 0) is 96.4 Å². The van der Waals surface area contributed by atoms with Crippen molar-refractivity contribution in [3.63, 3.8) is 0 Å². The molecule has 8 heteroatoms. The Balaban J connectivity index is 1.39. The molecule has 1 saturated heterocycles. The van der Waals surface area contributed by atoms with Gasteiger partial charge in [-0.15, -0.1) is 0 Å². The van der Waals surface area contributed by atoms with Crippen molar-refractivity contribution in [2.24, 2.45) is 10.9 Å². The minimum absolute atomic E-state index is 0.141. The lowest BCUT2D eigenvalue weighted by Gasteiger charge is -2.33. The van der Waals surface area contributed by atoms with Gasteiger partial charge in [-0.25, -0.2) is 4.99 Å². The van der Waals surface area contributed by atoms with Crippen LogP contribution in [-0.2, 0) is 4.79 Å². The van der Waals surface area contributed by atoms with Crippen LogP contribution in [0.1, 0.15) is 80.3 Å². The molecule has 204 valence electrons. The summed E-state index contributed by atoms with van der Waals surface area (Å²) in [7, 11) is 4.25. The predicted molar refractivity (Wildman–Crippen MR) is 152 cm³/mol. The minimum Gasteiger partial charge on any atom is -0.351 e. The molecule has 1 N–H and O–H groups in total. The van der Waals surface area contributed by atoms with E-state index < -0.39 is 5.92 Å². The van der Waals surface area contributed by atoms with Crippen LogP contribution in [-0.4, -0.2) is 83.9 Å². The first-order valence-electron chi connectivity index (χ1n) is 14.2. The van der Waals surface area contributed by atoms with Crippen LogP contribution in [0.3, 0.4) is 0 Å². The average molecular weight is 519 g/mol. The number of likely N-dealkylation sites (N-methyl/N-ethyl adjacent to an activating group) is 1. The molecule has 1 unspecified atom stereocenters. The smallest absolute Gasteiger partial charge is 0.254 e. The lowest BCUT2D eigenvalue weighted by Crippen LogP contribution is -2.37. The third kappa shape index (κ3) is 5.76. The molecule has 38 heavy (non-hydrogen) atoms. The number of rotatable bonds is 8. The van der Waals surface area contributed by atoms with E-state index in [2.05, 4.69) is 51.0 Å². The van der Waals surface area contributed by atoms with Gasteiger partial charge in [-0.1, -0.05) is 18.4 Å². The number of allylic oxidation sites excluding steroid dienone is 1. The highest BCUT2D eigenvalue weighted by Crippen LogP contribution is 2.36. The fourth-order valence-corrected chi connectivity index (χ4v) is 6.31. The van der Waals surface area contributed by atoms with E-state index in [1.54, 1.807) is 0 Å². The summed E-state index contributed by atoms with van der Waals surface area (Å²) in [5, 5.41) is 8.75. The van der Waals surface area contributed by atoms with Crippen molar-refractivity contribution in [3.05, 3.63) is 41.1 Å². The van der Waals surface area contributed by atoms with Crippen molar-refractivity contribution in [2.75, 3.05) is 46.8 Å². The van der Waals surface area contributed by atoms with Gasteiger partial charge in [0.2, 0.25) is 0 Å². The van der Waals surface area contributed by atoms with E-state index in [-0.39, 0.29) is 18.4 Å². The fourth-order valence-electron chi connectivity index (χ4n) is 6.31. The average Bonchev–Trinajstić information content (AvgIpc) is 3.56. The zero-order valence-electron chi connectivity index (χ0n) is 23.4. The van der Waals surface area contributed by atoms with Gasteiger partial charge in [0.25, 0.3) is 11.8 Å². The van der Waals surface area contributed by atoms with Crippen molar-refractivity contribution in [1.29, 1.82) is 0 Å². The minimum atomic E-state index is -0.408. The summed E-state index contributed by atoms with van der Waals surface area (Å²) < 4.78 is 2.17. The summed E-state index contributed by atoms with van der Waals surface area (Å²) in [5.41, 5.74) is 4.63. The van der Waals surface area contributed by atoms with Gasteiger partial charge < -0.3 is 15.1 Å². The van der Waals surface area contributed by atoms with E-state index in [9.17, 15) is 9.59 Å². The topological polar surface area (TPSA) is 82.8 Å². The number of fused-ring (bicyclic) bond motifs is 1. The Labute approximate surface area is 226 Å². The number of nitrogens with zero attached hydrogens (tertiary/aromatic N) is 5. The molecule has 1 aromatic heterocycles. The quantitative estimate of drug-likeness (QED) is 0.567. The molecule has 8 nitrogen and oxygen atoms in total. The molecule has 3 aliphatic rings. The first-order valence-corrected chi connectivity index (χ1v) is 14.2. The monoisotopic (exact) mass is 518 g/mol. The molecular weight excluding hydrogens is 476 g/mol. The Kier molecular flexibility index (Phi) is 8.09. The summed E-state index contributed by atoms with van der Waals surface area (Å²) in [4.78, 5) is 35.0. The summed E-state index contributed by atoms with van der Waals surface area (Å²) in [6, 6.07) is 4.79. The van der Waals surface area contributed by atoms with Crippen molar-refractivity contribution in [1.82, 2.24) is 24.9 Å². The molecule has 1 atom stereocenters. The van der Waals surface area contributed by atoms with Crippen LogP contribution in [0, 0.1) is 5.92 Å². The summed E-state index contributed by atoms with van der Waals surface area (Å²) in [5.74, 6) is -0.306. The molecule has 2 aromatic rings. The molecule has 3 heterocycles. The Morgan fingerprint density at radius 3 is 2.53 bits per heavy atom. The number of carbonyl (C=O) groups excluding carboxylic acids is 2. The van der Waals surface area contributed by atoms with Crippen molar-refractivity contribution < 1.29 is 9.59 Å². The number of hydrogen-bond donors (Lipinski definition) is 1. The van der Waals surface area contributed by atoms with Crippen LogP contribution in [0.25, 0.3) is 10.9 Å². The van der Waals surface area contributed by atoms with Crippen LogP contribution in [0.5, 0.6) is 0 Å². The zero-order valence-corrected chi connectivity index (χ0v) is 23.4. The second-order valence-electron chi connectivity index (χ2n) is 11.7. The van der Waals surface area contributed by atoms with Gasteiger partial charge in [-0.3, -0.25) is 14.3 Å². The molecule has 1 saturated carbocycles. The third-order valence-corrected chi connectivity index (χ3v) is 8.61. The van der Waals surface area contributed by atoms with E-state index in [4.69, 9.17) is 5.10 Å². The number of hydrogen-bond acceptors (Lipinski definition) is 5. The van der Waals surface area contributed by atoms with E-state index in [1.807, 2.05) is 26.1 Å². The number of aromatic nitrogens is 2. The highest BCUT2D eigenvalue weighted by Gasteiger charge is 2.28. The second-order valence-corrected chi connectivity index (χ2v) is 11.7. The Bertz CT molecular complexity index is 1240. The maximum atomic E-state index is 13.6. The van der Waals surface area contributed by atoms with Gasteiger partial charge in [0.05, 0.1) is 29.2 Å². The molecule has 1 aromatic carbocycles. The Morgan fingerprint density at radius 1 is 1.11 bits per heavy atom. The van der Waals surface area contributed by atoms with Crippen LogP contribution >= 0.6 is 0 Å². The van der Waals surface area contributed by atoms with Crippen LogP contribution in [0.15, 0.2) is 35.0 Å². The number of piperidine rings is 1. The van der Waals surface area contributed by atoms with Crippen LogP contribution < -0.4 is 5.32 Å². The zero-order chi connectivity index (χ0) is 26.8. The molecule has 2 amide bonds. The predicted octanol–water partition coefficient (Wildman–Crippen LogP) is 4.19. The Hall–Kier alpha value is -2.84. The number of dihydropyridines is 1. The number of nitrogens with one attached hydrogen (secondary N) is 1.